The van der Waals surface area contributed by atoms with E-state index in [1.54, 1.807) is 12.1 Å². The fraction of sp³-hybridized carbons (Fsp3) is 0.417. The van der Waals surface area contributed by atoms with Crippen LogP contribution in [0.5, 0.6) is 0 Å². The van der Waals surface area contributed by atoms with E-state index in [0.717, 1.165) is 5.56 Å². The molecule has 0 bridgehead atoms. The molecule has 0 atom stereocenters. The smallest absolute Gasteiger partial charge is 0.221 e. The quantitative estimate of drug-likeness (QED) is 0.777. The fourth-order valence-electron chi connectivity index (χ4n) is 1.42. The molecule has 0 aliphatic heterocycles. The van der Waals surface area contributed by atoms with Crippen molar-refractivity contribution in [2.24, 2.45) is 5.73 Å². The third kappa shape index (κ3) is 4.50. The van der Waals surface area contributed by atoms with Gasteiger partial charge in [0.25, 0.3) is 0 Å². The molecule has 0 heterocycles. The highest BCUT2D eigenvalue weighted by molar-refractivity contribution is 5.76. The Labute approximate surface area is 100.0 Å². The van der Waals surface area contributed by atoms with Crippen LogP contribution in [0.3, 0.4) is 0 Å². The van der Waals surface area contributed by atoms with E-state index < -0.39 is 0 Å². The average molecular weight is 240 g/mol. The SMILES string of the molecule is COCc1cc(CNC(=O)CCN)ccc1F. The predicted molar refractivity (Wildman–Crippen MR) is 62.6 cm³/mol. The molecule has 17 heavy (non-hydrogen) atoms. The van der Waals surface area contributed by atoms with Gasteiger partial charge in [0.15, 0.2) is 0 Å². The first kappa shape index (κ1) is 13.6. The van der Waals surface area contributed by atoms with Crippen molar-refractivity contribution >= 4 is 5.91 Å². The summed E-state index contributed by atoms with van der Waals surface area (Å²) in [6, 6.07) is 4.69. The van der Waals surface area contributed by atoms with E-state index in [0.29, 0.717) is 25.1 Å². The minimum Gasteiger partial charge on any atom is -0.380 e. The van der Waals surface area contributed by atoms with E-state index in [-0.39, 0.29) is 18.3 Å². The molecule has 0 unspecified atom stereocenters. The lowest BCUT2D eigenvalue weighted by atomic mass is 10.1. The van der Waals surface area contributed by atoms with Gasteiger partial charge in [-0.25, -0.2) is 4.39 Å². The Bertz CT molecular complexity index is 383. The summed E-state index contributed by atoms with van der Waals surface area (Å²) in [4.78, 5) is 11.2. The van der Waals surface area contributed by atoms with Gasteiger partial charge in [-0.2, -0.15) is 0 Å². The second-order valence-electron chi connectivity index (χ2n) is 3.67. The van der Waals surface area contributed by atoms with Gasteiger partial charge in [0.1, 0.15) is 5.82 Å². The van der Waals surface area contributed by atoms with Crippen LogP contribution in [0.15, 0.2) is 18.2 Å². The molecule has 0 saturated carbocycles. The fourth-order valence-corrected chi connectivity index (χ4v) is 1.42. The zero-order chi connectivity index (χ0) is 12.7. The lowest BCUT2D eigenvalue weighted by Gasteiger charge is -2.07. The van der Waals surface area contributed by atoms with Crippen LogP contribution in [0, 0.1) is 5.82 Å². The summed E-state index contributed by atoms with van der Waals surface area (Å²) in [6.07, 6.45) is 0.298. The minimum absolute atomic E-state index is 0.106. The zero-order valence-electron chi connectivity index (χ0n) is 9.83. The number of halogens is 1. The molecular formula is C12H17FN2O2. The van der Waals surface area contributed by atoms with Gasteiger partial charge in [-0.05, 0) is 17.7 Å². The molecule has 4 nitrogen and oxygen atoms in total. The molecular weight excluding hydrogens is 223 g/mol. The molecule has 1 aromatic rings. The van der Waals surface area contributed by atoms with Crippen LogP contribution in [0.4, 0.5) is 4.39 Å². The summed E-state index contributed by atoms with van der Waals surface area (Å²) in [7, 11) is 1.51. The highest BCUT2D eigenvalue weighted by Gasteiger charge is 2.04. The topological polar surface area (TPSA) is 64.3 Å². The van der Waals surface area contributed by atoms with E-state index in [1.807, 2.05) is 0 Å². The van der Waals surface area contributed by atoms with Crippen LogP contribution in [-0.4, -0.2) is 19.6 Å². The number of carbonyl (C=O) groups excluding carboxylic acids is 1. The van der Waals surface area contributed by atoms with Crippen LogP contribution in [0.2, 0.25) is 0 Å². The van der Waals surface area contributed by atoms with Crippen molar-refractivity contribution in [2.45, 2.75) is 19.6 Å². The van der Waals surface area contributed by atoms with Crippen LogP contribution in [0.25, 0.3) is 0 Å². The number of amides is 1. The molecule has 0 spiro atoms. The summed E-state index contributed by atoms with van der Waals surface area (Å²) >= 11 is 0. The molecule has 0 fully saturated rings. The molecule has 0 radical (unpaired) electrons. The van der Waals surface area contributed by atoms with Crippen molar-refractivity contribution < 1.29 is 13.9 Å². The van der Waals surface area contributed by atoms with Crippen LogP contribution in [-0.2, 0) is 22.7 Å². The number of hydrogen-bond acceptors (Lipinski definition) is 3. The summed E-state index contributed by atoms with van der Waals surface area (Å²) in [5.74, 6) is -0.408. The molecule has 3 N–H and O–H groups in total. The Morgan fingerprint density at radius 2 is 2.29 bits per heavy atom. The average Bonchev–Trinajstić information content (AvgIpc) is 2.31. The van der Waals surface area contributed by atoms with Gasteiger partial charge in [-0.1, -0.05) is 6.07 Å². The number of nitrogens with one attached hydrogen (secondary N) is 1. The van der Waals surface area contributed by atoms with Gasteiger partial charge in [0.2, 0.25) is 5.91 Å². The van der Waals surface area contributed by atoms with Crippen LogP contribution < -0.4 is 11.1 Å². The molecule has 0 aliphatic rings. The number of carbonyl (C=O) groups is 1. The molecule has 0 aliphatic carbocycles. The molecule has 0 saturated heterocycles. The third-order valence-electron chi connectivity index (χ3n) is 2.27. The second kappa shape index (κ2) is 6.98. The van der Waals surface area contributed by atoms with Gasteiger partial charge in [-0.15, -0.1) is 0 Å². The number of benzene rings is 1. The van der Waals surface area contributed by atoms with E-state index in [2.05, 4.69) is 5.32 Å². The first-order valence-corrected chi connectivity index (χ1v) is 5.40. The minimum atomic E-state index is -0.302. The lowest BCUT2D eigenvalue weighted by Crippen LogP contribution is -2.25. The molecule has 1 aromatic carbocycles. The van der Waals surface area contributed by atoms with Crippen molar-refractivity contribution in [1.82, 2.24) is 5.32 Å². The second-order valence-corrected chi connectivity index (χ2v) is 3.67. The largest absolute Gasteiger partial charge is 0.380 e. The molecule has 5 heteroatoms. The van der Waals surface area contributed by atoms with E-state index in [4.69, 9.17) is 10.5 Å². The standard InChI is InChI=1S/C12H17FN2O2/c1-17-8-10-6-9(2-3-11(10)13)7-15-12(16)4-5-14/h2-3,6H,4-5,7-8,14H2,1H3,(H,15,16). The van der Waals surface area contributed by atoms with Crippen molar-refractivity contribution in [1.29, 1.82) is 0 Å². The predicted octanol–water partition coefficient (Wildman–Crippen LogP) is 0.937. The van der Waals surface area contributed by atoms with Crippen molar-refractivity contribution in [3.8, 4) is 0 Å². The number of methoxy groups -OCH3 is 1. The Balaban J connectivity index is 2.59. The molecule has 0 aromatic heterocycles. The number of hydrogen-bond donors (Lipinski definition) is 2. The summed E-state index contributed by atoms with van der Waals surface area (Å²) in [5.41, 5.74) is 6.58. The Morgan fingerprint density at radius 1 is 1.53 bits per heavy atom. The molecule has 1 rings (SSSR count). The highest BCUT2D eigenvalue weighted by atomic mass is 19.1. The van der Waals surface area contributed by atoms with Crippen molar-refractivity contribution in [2.75, 3.05) is 13.7 Å². The first-order chi connectivity index (χ1) is 8.17. The molecule has 1 amide bonds. The van der Waals surface area contributed by atoms with Gasteiger partial charge in [0.05, 0.1) is 6.61 Å². The third-order valence-corrected chi connectivity index (χ3v) is 2.27. The van der Waals surface area contributed by atoms with Crippen LogP contribution >= 0.6 is 0 Å². The number of ether oxygens (including phenoxy) is 1. The van der Waals surface area contributed by atoms with E-state index >= 15 is 0 Å². The summed E-state index contributed by atoms with van der Waals surface area (Å²) in [6.45, 7) is 0.913. The zero-order valence-corrected chi connectivity index (χ0v) is 9.83. The first-order valence-electron chi connectivity index (χ1n) is 5.40. The Kier molecular flexibility index (Phi) is 5.59. The maximum absolute atomic E-state index is 13.3. The van der Waals surface area contributed by atoms with E-state index in [9.17, 15) is 9.18 Å². The van der Waals surface area contributed by atoms with Gasteiger partial charge < -0.3 is 15.8 Å². The van der Waals surface area contributed by atoms with Crippen molar-refractivity contribution in [3.05, 3.63) is 35.1 Å². The maximum atomic E-state index is 13.3. The van der Waals surface area contributed by atoms with Crippen LogP contribution in [0.1, 0.15) is 17.5 Å². The lowest BCUT2D eigenvalue weighted by molar-refractivity contribution is -0.121. The van der Waals surface area contributed by atoms with Gasteiger partial charge in [-0.3, -0.25) is 4.79 Å². The monoisotopic (exact) mass is 240 g/mol. The highest BCUT2D eigenvalue weighted by Crippen LogP contribution is 2.11. The Morgan fingerprint density at radius 3 is 2.94 bits per heavy atom. The molecule has 94 valence electrons. The van der Waals surface area contributed by atoms with Crippen molar-refractivity contribution in [3.63, 3.8) is 0 Å². The number of rotatable bonds is 6. The summed E-state index contributed by atoms with van der Waals surface area (Å²) < 4.78 is 18.2. The number of nitrogens with two attached hydrogens (primary N) is 1. The maximum Gasteiger partial charge on any atom is 0.221 e. The Hall–Kier alpha value is -1.46. The van der Waals surface area contributed by atoms with E-state index in [1.165, 1.54) is 13.2 Å². The normalized spacial score (nSPS) is 10.3. The summed E-state index contributed by atoms with van der Waals surface area (Å²) in [5, 5.41) is 2.71. The van der Waals surface area contributed by atoms with Gasteiger partial charge in [0, 0.05) is 32.2 Å². The van der Waals surface area contributed by atoms with Gasteiger partial charge >= 0.3 is 0 Å².